The van der Waals surface area contributed by atoms with Crippen molar-refractivity contribution in [1.82, 2.24) is 4.98 Å². The third-order valence-corrected chi connectivity index (χ3v) is 14.3. The molecule has 0 aliphatic heterocycles. The lowest BCUT2D eigenvalue weighted by atomic mass is 9.91. The molecule has 39 heavy (non-hydrogen) atoms. The minimum Gasteiger partial charge on any atom is -0.462 e. The van der Waals surface area contributed by atoms with Gasteiger partial charge >= 0.3 is 11.9 Å². The Bertz CT molecular complexity index is 984. The number of thiazole rings is 1. The molecular formula is C30H49NO5S2Si. The van der Waals surface area contributed by atoms with E-state index in [9.17, 15) is 9.59 Å². The normalized spacial score (nSPS) is 20.8. The highest BCUT2D eigenvalue weighted by Gasteiger charge is 2.39. The summed E-state index contributed by atoms with van der Waals surface area (Å²) in [6.45, 7) is 21.3. The van der Waals surface area contributed by atoms with Crippen LogP contribution in [-0.4, -0.2) is 49.8 Å². The zero-order valence-corrected chi connectivity index (χ0v) is 27.8. The molecule has 4 atom stereocenters. The quantitative estimate of drug-likeness (QED) is 0.0871. The van der Waals surface area contributed by atoms with Crippen molar-refractivity contribution >= 4 is 43.4 Å². The zero-order chi connectivity index (χ0) is 29.2. The first-order valence-electron chi connectivity index (χ1n) is 14.1. The number of hydrogen-bond acceptors (Lipinski definition) is 8. The molecule has 0 amide bonds. The maximum atomic E-state index is 11.9. The molecule has 2 rings (SSSR count). The van der Waals surface area contributed by atoms with Gasteiger partial charge < -0.3 is 13.9 Å². The summed E-state index contributed by atoms with van der Waals surface area (Å²) in [6.07, 6.45) is 10.4. The highest BCUT2D eigenvalue weighted by molar-refractivity contribution is 8.01. The predicted octanol–water partition coefficient (Wildman–Crippen LogP) is 8.45. The average molecular weight is 596 g/mol. The van der Waals surface area contributed by atoms with Gasteiger partial charge in [-0.05, 0) is 76.4 Å². The first-order valence-corrected chi connectivity index (χ1v) is 18.9. The molecule has 0 bridgehead atoms. The highest BCUT2D eigenvalue weighted by Crippen LogP contribution is 2.40. The molecule has 0 spiro atoms. The maximum absolute atomic E-state index is 11.9. The summed E-state index contributed by atoms with van der Waals surface area (Å²) >= 11 is 3.11. The molecule has 1 heterocycles. The number of carbonyl (C=O) groups is 2. The van der Waals surface area contributed by atoms with Crippen LogP contribution in [0.25, 0.3) is 0 Å². The van der Waals surface area contributed by atoms with Gasteiger partial charge in [0.15, 0.2) is 18.4 Å². The van der Waals surface area contributed by atoms with E-state index in [4.69, 9.17) is 13.9 Å². The number of allylic oxidation sites excluding steroid dienone is 2. The van der Waals surface area contributed by atoms with E-state index < -0.39 is 8.32 Å². The molecular weight excluding hydrogens is 547 g/mol. The van der Waals surface area contributed by atoms with E-state index in [0.29, 0.717) is 18.2 Å². The van der Waals surface area contributed by atoms with Gasteiger partial charge in [0.25, 0.3) is 0 Å². The molecule has 6 nitrogen and oxygen atoms in total. The minimum absolute atomic E-state index is 0.0631. The number of hydrogen-bond donors (Lipinski definition) is 0. The van der Waals surface area contributed by atoms with Crippen LogP contribution in [0.4, 0.5) is 0 Å². The molecule has 220 valence electrons. The molecule has 0 aromatic carbocycles. The second-order valence-corrected chi connectivity index (χ2v) is 19.0. The number of esters is 2. The van der Waals surface area contributed by atoms with E-state index >= 15 is 0 Å². The van der Waals surface area contributed by atoms with Crippen LogP contribution in [0.15, 0.2) is 34.0 Å². The summed E-state index contributed by atoms with van der Waals surface area (Å²) in [7, 11) is -1.88. The summed E-state index contributed by atoms with van der Waals surface area (Å²) in [4.78, 5) is 28.1. The van der Waals surface area contributed by atoms with Crippen molar-refractivity contribution in [2.75, 3.05) is 12.4 Å². The lowest BCUT2D eigenvalue weighted by molar-refractivity contribution is -0.148. The molecule has 1 aliphatic rings. The van der Waals surface area contributed by atoms with Crippen molar-refractivity contribution < 1.29 is 23.5 Å². The number of carbonyl (C=O) groups excluding carboxylic acids is 2. The van der Waals surface area contributed by atoms with Gasteiger partial charge in [0.1, 0.15) is 6.10 Å². The fourth-order valence-electron chi connectivity index (χ4n) is 4.59. The summed E-state index contributed by atoms with van der Waals surface area (Å²) in [5, 5.41) is 1.91. The number of rotatable bonds is 15. The van der Waals surface area contributed by atoms with E-state index in [-0.39, 0.29) is 35.1 Å². The van der Waals surface area contributed by atoms with Crippen LogP contribution in [0.3, 0.4) is 0 Å². The number of thioether (sulfide) groups is 1. The lowest BCUT2D eigenvalue weighted by Crippen LogP contribution is -2.43. The summed E-state index contributed by atoms with van der Waals surface area (Å²) in [5.74, 6) is 0.867. The second kappa shape index (κ2) is 15.5. The molecule has 1 saturated carbocycles. The van der Waals surface area contributed by atoms with Crippen molar-refractivity contribution in [1.29, 1.82) is 0 Å². The van der Waals surface area contributed by atoms with Crippen LogP contribution in [0.2, 0.25) is 18.1 Å². The third kappa shape index (κ3) is 11.2. The summed E-state index contributed by atoms with van der Waals surface area (Å²) in [6, 6.07) is 0. The van der Waals surface area contributed by atoms with Crippen LogP contribution in [0.1, 0.15) is 90.6 Å². The molecule has 9 heteroatoms. The first kappa shape index (κ1) is 33.8. The van der Waals surface area contributed by atoms with Crippen molar-refractivity contribution in [2.45, 2.75) is 115 Å². The Morgan fingerprint density at radius 3 is 2.62 bits per heavy atom. The van der Waals surface area contributed by atoms with Crippen molar-refractivity contribution in [3.05, 3.63) is 35.4 Å². The van der Waals surface area contributed by atoms with Crippen LogP contribution >= 0.6 is 23.1 Å². The van der Waals surface area contributed by atoms with E-state index in [2.05, 4.69) is 64.5 Å². The average Bonchev–Trinajstić information content (AvgIpc) is 3.44. The Kier molecular flexibility index (Phi) is 13.5. The molecule has 1 fully saturated rings. The number of nitrogens with zero attached hydrogens (tertiary/aromatic N) is 1. The largest absolute Gasteiger partial charge is 0.462 e. The van der Waals surface area contributed by atoms with Gasteiger partial charge in [-0.15, -0.1) is 17.9 Å². The fraction of sp³-hybridized carbons (Fsp3) is 0.700. The van der Waals surface area contributed by atoms with Crippen LogP contribution < -0.4 is 0 Å². The van der Waals surface area contributed by atoms with Gasteiger partial charge in [0.2, 0.25) is 0 Å². The summed E-state index contributed by atoms with van der Waals surface area (Å²) in [5.41, 5.74) is 1.56. The fourth-order valence-corrected chi connectivity index (χ4v) is 7.90. The van der Waals surface area contributed by atoms with E-state index in [0.717, 1.165) is 48.6 Å². The van der Waals surface area contributed by atoms with Gasteiger partial charge in [-0.2, -0.15) is 0 Å². The molecule has 0 saturated heterocycles. The lowest BCUT2D eigenvalue weighted by Gasteiger charge is -2.39. The third-order valence-electron chi connectivity index (χ3n) is 7.72. The standard InChI is InChI=1S/C30H49NO5S2Si/c1-10-34-28(33)26-20-38-29(31-26)37-19-18-25-23(15-17-27(25)35-22(4)32)12-11-13-24(16-14-21(2)3)36-39(8,9)30(5,6)7/h11-12,20,23-25,27H,2,10,13-19H2,1,3-9H3/b12-11+/t23-,24?,25+,27-/m0/s1. The zero-order valence-electron chi connectivity index (χ0n) is 25.2. The van der Waals surface area contributed by atoms with Gasteiger partial charge in [-0.25, -0.2) is 9.78 Å². The summed E-state index contributed by atoms with van der Waals surface area (Å²) < 4.78 is 18.4. The van der Waals surface area contributed by atoms with Crippen LogP contribution in [0, 0.1) is 11.8 Å². The highest BCUT2D eigenvalue weighted by atomic mass is 32.2. The Morgan fingerprint density at radius 2 is 2.00 bits per heavy atom. The van der Waals surface area contributed by atoms with Gasteiger partial charge in [-0.1, -0.05) is 50.3 Å². The number of aromatic nitrogens is 1. The molecule has 0 N–H and O–H groups in total. The SMILES string of the molecule is C=C(C)CCC(C/C=C/[C@H]1CC[C@H](OC(C)=O)[C@@H]1CCSc1nc(C(=O)OCC)cs1)O[Si](C)(C)C(C)(C)C. The van der Waals surface area contributed by atoms with Crippen LogP contribution in [0.5, 0.6) is 0 Å². The van der Waals surface area contributed by atoms with Gasteiger partial charge in [0, 0.05) is 30.1 Å². The molecule has 1 unspecified atom stereocenters. The Balaban J connectivity index is 2.04. The smallest absolute Gasteiger partial charge is 0.357 e. The maximum Gasteiger partial charge on any atom is 0.357 e. The molecule has 1 aliphatic carbocycles. The minimum atomic E-state index is -1.88. The first-order chi connectivity index (χ1) is 18.2. The topological polar surface area (TPSA) is 74.7 Å². The predicted molar refractivity (Wildman–Crippen MR) is 165 cm³/mol. The Labute approximate surface area is 245 Å². The number of ether oxygens (including phenoxy) is 2. The van der Waals surface area contributed by atoms with Gasteiger partial charge in [-0.3, -0.25) is 4.79 Å². The van der Waals surface area contributed by atoms with Gasteiger partial charge in [0.05, 0.1) is 6.61 Å². The monoisotopic (exact) mass is 595 g/mol. The molecule has 1 aromatic heterocycles. The van der Waals surface area contributed by atoms with Crippen molar-refractivity contribution in [2.24, 2.45) is 11.8 Å². The van der Waals surface area contributed by atoms with Crippen molar-refractivity contribution in [3.63, 3.8) is 0 Å². The Morgan fingerprint density at radius 1 is 1.28 bits per heavy atom. The van der Waals surface area contributed by atoms with Crippen molar-refractivity contribution in [3.8, 4) is 0 Å². The second-order valence-electron chi connectivity index (χ2n) is 12.1. The van der Waals surface area contributed by atoms with Crippen LogP contribution in [-0.2, 0) is 18.7 Å². The van der Waals surface area contributed by atoms with E-state index in [1.165, 1.54) is 23.8 Å². The van der Waals surface area contributed by atoms with E-state index in [1.54, 1.807) is 24.1 Å². The molecule has 0 radical (unpaired) electrons. The Hall–Kier alpha value is -1.42. The van der Waals surface area contributed by atoms with E-state index in [1.807, 2.05) is 0 Å². The molecule has 1 aromatic rings.